The van der Waals surface area contributed by atoms with Gasteiger partial charge in [-0.3, -0.25) is 4.79 Å². The van der Waals surface area contributed by atoms with Gasteiger partial charge in [-0.25, -0.2) is 0 Å². The highest BCUT2D eigenvalue weighted by Gasteiger charge is 2.31. The molecular weight excluding hydrogens is 322 g/mol. The largest absolute Gasteiger partial charge is 0.465 e. The van der Waals surface area contributed by atoms with Gasteiger partial charge in [-0.05, 0) is 38.7 Å². The molecule has 0 N–H and O–H groups in total. The Morgan fingerprint density at radius 3 is 2.67 bits per heavy atom. The molecule has 0 amide bonds. The van der Waals surface area contributed by atoms with Gasteiger partial charge >= 0.3 is 5.97 Å². The van der Waals surface area contributed by atoms with Gasteiger partial charge in [-0.2, -0.15) is 0 Å². The van der Waals surface area contributed by atoms with Crippen molar-refractivity contribution in [3.05, 3.63) is 41.7 Å². The summed E-state index contributed by atoms with van der Waals surface area (Å²) in [4.78, 5) is 12.4. The van der Waals surface area contributed by atoms with Crippen molar-refractivity contribution in [3.8, 4) is 0 Å². The molecule has 1 fully saturated rings. The van der Waals surface area contributed by atoms with Crippen LogP contribution in [0.5, 0.6) is 0 Å². The summed E-state index contributed by atoms with van der Waals surface area (Å²) in [7, 11) is 0. The van der Waals surface area contributed by atoms with Crippen molar-refractivity contribution in [3.63, 3.8) is 0 Å². The minimum absolute atomic E-state index is 0.190. The molecule has 1 aliphatic carbocycles. The predicted molar refractivity (Wildman–Crippen MR) is 94.1 cm³/mol. The van der Waals surface area contributed by atoms with Crippen LogP contribution in [0.25, 0.3) is 0 Å². The normalized spacial score (nSPS) is 15.2. The molecule has 24 heavy (non-hydrogen) atoms. The second-order valence-electron chi connectivity index (χ2n) is 5.91. The first-order chi connectivity index (χ1) is 11.7. The Balaban J connectivity index is 1.79. The number of benzene rings is 1. The molecule has 0 saturated heterocycles. The van der Waals surface area contributed by atoms with Gasteiger partial charge < -0.3 is 9.30 Å². The lowest BCUT2D eigenvalue weighted by molar-refractivity contribution is -0.142. The summed E-state index contributed by atoms with van der Waals surface area (Å²) in [6.07, 6.45) is 3.00. The molecule has 0 aliphatic heterocycles. The lowest BCUT2D eigenvalue weighted by Crippen LogP contribution is -2.23. The minimum atomic E-state index is -0.311. The molecule has 0 radical (unpaired) electrons. The molecule has 1 heterocycles. The average Bonchev–Trinajstić information content (AvgIpc) is 3.36. The Morgan fingerprint density at radius 2 is 2.04 bits per heavy atom. The standard InChI is InChI=1S/C18H23N3O2S/c1-3-21-16(14-10-11-14)19-20-18(21)24-15(17(22)23-4-2)12-13-8-6-5-7-9-13/h5-9,14-15H,3-4,10-12H2,1-2H3/t15-/m0/s1. The van der Waals surface area contributed by atoms with Gasteiger partial charge in [-0.15, -0.1) is 10.2 Å². The van der Waals surface area contributed by atoms with Crippen LogP contribution in [0, 0.1) is 0 Å². The maximum atomic E-state index is 12.4. The Hall–Kier alpha value is -1.82. The number of carbonyl (C=O) groups excluding carboxylic acids is 1. The van der Waals surface area contributed by atoms with Crippen molar-refractivity contribution in [1.29, 1.82) is 0 Å². The highest BCUT2D eigenvalue weighted by Crippen LogP contribution is 2.40. The number of esters is 1. The molecule has 3 rings (SSSR count). The number of hydrogen-bond acceptors (Lipinski definition) is 5. The van der Waals surface area contributed by atoms with E-state index in [1.165, 1.54) is 24.6 Å². The first-order valence-corrected chi connectivity index (χ1v) is 9.41. The summed E-state index contributed by atoms with van der Waals surface area (Å²) < 4.78 is 7.41. The van der Waals surface area contributed by atoms with E-state index in [4.69, 9.17) is 4.74 Å². The first-order valence-electron chi connectivity index (χ1n) is 8.53. The third-order valence-electron chi connectivity index (χ3n) is 4.07. The maximum absolute atomic E-state index is 12.4. The molecule has 128 valence electrons. The van der Waals surface area contributed by atoms with E-state index in [-0.39, 0.29) is 11.2 Å². The zero-order valence-corrected chi connectivity index (χ0v) is 15.0. The summed E-state index contributed by atoms with van der Waals surface area (Å²) in [5.74, 6) is 1.41. The molecule has 1 saturated carbocycles. The molecule has 0 bridgehead atoms. The van der Waals surface area contributed by atoms with Crippen molar-refractivity contribution >= 4 is 17.7 Å². The van der Waals surface area contributed by atoms with E-state index >= 15 is 0 Å². The molecule has 0 spiro atoms. The number of carbonyl (C=O) groups is 1. The summed E-state index contributed by atoms with van der Waals surface area (Å²) in [6.45, 7) is 5.14. The van der Waals surface area contributed by atoms with Gasteiger partial charge in [0.15, 0.2) is 5.16 Å². The third-order valence-corrected chi connectivity index (χ3v) is 5.22. The molecule has 6 heteroatoms. The highest BCUT2D eigenvalue weighted by molar-refractivity contribution is 8.00. The third kappa shape index (κ3) is 3.98. The Morgan fingerprint density at radius 1 is 1.29 bits per heavy atom. The lowest BCUT2D eigenvalue weighted by atomic mass is 10.1. The Labute approximate surface area is 146 Å². The monoisotopic (exact) mass is 345 g/mol. The van der Waals surface area contributed by atoms with Crippen LogP contribution in [0.4, 0.5) is 0 Å². The molecule has 1 atom stereocenters. The molecule has 1 aromatic carbocycles. The van der Waals surface area contributed by atoms with Gasteiger partial charge in [0.1, 0.15) is 11.1 Å². The fourth-order valence-corrected chi connectivity index (χ4v) is 3.82. The SMILES string of the molecule is CCOC(=O)[C@H](Cc1ccccc1)Sc1nnc(C2CC2)n1CC. The second kappa shape index (κ2) is 7.83. The molecule has 2 aromatic rings. The van der Waals surface area contributed by atoms with Gasteiger partial charge in [0.25, 0.3) is 0 Å². The van der Waals surface area contributed by atoms with E-state index in [9.17, 15) is 4.79 Å². The fraction of sp³-hybridized carbons (Fsp3) is 0.500. The lowest BCUT2D eigenvalue weighted by Gasteiger charge is -2.15. The van der Waals surface area contributed by atoms with E-state index in [1.54, 1.807) is 0 Å². The van der Waals surface area contributed by atoms with Crippen molar-refractivity contribution in [2.75, 3.05) is 6.61 Å². The number of thioether (sulfide) groups is 1. The zero-order valence-electron chi connectivity index (χ0n) is 14.1. The second-order valence-corrected chi connectivity index (χ2v) is 7.08. The average molecular weight is 345 g/mol. The van der Waals surface area contributed by atoms with Crippen molar-refractivity contribution in [2.45, 2.75) is 56.0 Å². The number of hydrogen-bond donors (Lipinski definition) is 0. The predicted octanol–water partition coefficient (Wildman–Crippen LogP) is 3.44. The molecule has 1 aliphatic rings. The maximum Gasteiger partial charge on any atom is 0.319 e. The van der Waals surface area contributed by atoms with Crippen LogP contribution in [-0.4, -0.2) is 32.6 Å². The van der Waals surface area contributed by atoms with E-state index in [0.29, 0.717) is 18.9 Å². The highest BCUT2D eigenvalue weighted by atomic mass is 32.2. The van der Waals surface area contributed by atoms with Crippen LogP contribution < -0.4 is 0 Å². The molecular formula is C18H23N3O2S. The molecule has 0 unspecified atom stereocenters. The van der Waals surface area contributed by atoms with E-state index in [1.807, 2.05) is 37.3 Å². The zero-order chi connectivity index (χ0) is 16.9. The van der Waals surface area contributed by atoms with Gasteiger partial charge in [-0.1, -0.05) is 42.1 Å². The summed E-state index contributed by atoms with van der Waals surface area (Å²) in [6, 6.07) is 10.0. The Bertz CT molecular complexity index is 683. The van der Waals surface area contributed by atoms with Crippen LogP contribution in [0.1, 0.15) is 44.0 Å². The van der Waals surface area contributed by atoms with Gasteiger partial charge in [0.05, 0.1) is 6.61 Å². The van der Waals surface area contributed by atoms with E-state index < -0.39 is 0 Å². The number of aromatic nitrogens is 3. The van der Waals surface area contributed by atoms with E-state index in [0.717, 1.165) is 23.1 Å². The fourth-order valence-electron chi connectivity index (χ4n) is 2.69. The summed E-state index contributed by atoms with van der Waals surface area (Å²) in [5, 5.41) is 9.20. The number of nitrogens with zero attached hydrogens (tertiary/aromatic N) is 3. The van der Waals surface area contributed by atoms with Crippen LogP contribution in [0.2, 0.25) is 0 Å². The van der Waals surface area contributed by atoms with Crippen molar-refractivity contribution in [2.24, 2.45) is 0 Å². The number of ether oxygens (including phenoxy) is 1. The molecule has 1 aromatic heterocycles. The molecule has 5 nitrogen and oxygen atoms in total. The smallest absolute Gasteiger partial charge is 0.319 e. The van der Waals surface area contributed by atoms with Gasteiger partial charge in [0.2, 0.25) is 0 Å². The quantitative estimate of drug-likeness (QED) is 0.542. The Kier molecular flexibility index (Phi) is 5.56. The first kappa shape index (κ1) is 17.0. The van der Waals surface area contributed by atoms with Crippen molar-refractivity contribution < 1.29 is 9.53 Å². The number of rotatable bonds is 8. The van der Waals surface area contributed by atoms with Crippen LogP contribution in [0.15, 0.2) is 35.5 Å². The van der Waals surface area contributed by atoms with Crippen LogP contribution in [-0.2, 0) is 22.5 Å². The van der Waals surface area contributed by atoms with Crippen LogP contribution in [0.3, 0.4) is 0 Å². The minimum Gasteiger partial charge on any atom is -0.465 e. The van der Waals surface area contributed by atoms with Crippen LogP contribution >= 0.6 is 11.8 Å². The van der Waals surface area contributed by atoms with Gasteiger partial charge in [0, 0.05) is 12.5 Å². The summed E-state index contributed by atoms with van der Waals surface area (Å²) in [5.41, 5.74) is 1.12. The van der Waals surface area contributed by atoms with Crippen molar-refractivity contribution in [1.82, 2.24) is 14.8 Å². The summed E-state index contributed by atoms with van der Waals surface area (Å²) >= 11 is 1.46. The van der Waals surface area contributed by atoms with E-state index in [2.05, 4.69) is 21.7 Å². The topological polar surface area (TPSA) is 57.0 Å².